The Labute approximate surface area is 111 Å². The summed E-state index contributed by atoms with van der Waals surface area (Å²) in [6, 6.07) is 16.8. The fraction of sp³-hybridized carbons (Fsp3) is 0.188. The van der Waals surface area contributed by atoms with Gasteiger partial charge < -0.3 is 9.84 Å². The molecule has 1 aliphatic rings. The Morgan fingerprint density at radius 3 is 2.53 bits per heavy atom. The Morgan fingerprint density at radius 2 is 1.74 bits per heavy atom. The first-order valence-electron chi connectivity index (χ1n) is 6.22. The summed E-state index contributed by atoms with van der Waals surface area (Å²) in [5, 5.41) is 10.8. The Morgan fingerprint density at radius 1 is 1.05 bits per heavy atom. The summed E-state index contributed by atoms with van der Waals surface area (Å²) in [6.07, 6.45) is 0.226. The maximum absolute atomic E-state index is 12.0. The predicted molar refractivity (Wildman–Crippen MR) is 70.3 cm³/mol. The smallest absolute Gasteiger partial charge is 0.343 e. The normalized spacial score (nSPS) is 21.6. The molecule has 0 bridgehead atoms. The zero-order valence-corrected chi connectivity index (χ0v) is 10.4. The molecule has 1 heterocycles. The van der Waals surface area contributed by atoms with Gasteiger partial charge in [0.25, 0.3) is 0 Å². The van der Waals surface area contributed by atoms with Crippen LogP contribution >= 0.6 is 0 Å². The fourth-order valence-electron chi connectivity index (χ4n) is 2.48. The van der Waals surface area contributed by atoms with Gasteiger partial charge >= 0.3 is 5.97 Å². The minimum absolute atomic E-state index is 0.226. The van der Waals surface area contributed by atoms with Crippen LogP contribution in [0.3, 0.4) is 0 Å². The molecule has 0 fully saturated rings. The van der Waals surface area contributed by atoms with Crippen molar-refractivity contribution >= 4 is 5.97 Å². The van der Waals surface area contributed by atoms with E-state index in [4.69, 9.17) is 4.74 Å². The molecule has 1 N–H and O–H groups in total. The molecule has 3 rings (SSSR count). The second kappa shape index (κ2) is 4.52. The van der Waals surface area contributed by atoms with Gasteiger partial charge in [0.05, 0.1) is 0 Å². The van der Waals surface area contributed by atoms with Crippen molar-refractivity contribution in [3.63, 3.8) is 0 Å². The molecular weight excluding hydrogens is 240 g/mol. The molecule has 2 aromatic carbocycles. The number of carbonyl (C=O) groups excluding carboxylic acids is 1. The van der Waals surface area contributed by atoms with E-state index >= 15 is 0 Å². The molecule has 19 heavy (non-hydrogen) atoms. The first-order chi connectivity index (χ1) is 9.20. The number of hydrogen-bond acceptors (Lipinski definition) is 3. The molecule has 0 saturated carbocycles. The number of benzene rings is 2. The molecule has 2 aromatic rings. The number of hydrogen-bond donors (Lipinski definition) is 1. The average Bonchev–Trinajstić information content (AvgIpc) is 2.45. The van der Waals surface area contributed by atoms with Crippen molar-refractivity contribution in [1.29, 1.82) is 0 Å². The number of esters is 1. The van der Waals surface area contributed by atoms with Crippen LogP contribution < -0.4 is 0 Å². The van der Waals surface area contributed by atoms with E-state index in [-0.39, 0.29) is 13.0 Å². The lowest BCUT2D eigenvalue weighted by Gasteiger charge is -2.32. The lowest BCUT2D eigenvalue weighted by atomic mass is 9.83. The second-order valence-electron chi connectivity index (χ2n) is 4.76. The highest BCUT2D eigenvalue weighted by Crippen LogP contribution is 2.34. The van der Waals surface area contributed by atoms with Gasteiger partial charge in [-0.1, -0.05) is 54.6 Å². The topological polar surface area (TPSA) is 46.5 Å². The molecule has 1 unspecified atom stereocenters. The van der Waals surface area contributed by atoms with E-state index in [0.717, 1.165) is 11.1 Å². The molecule has 0 radical (unpaired) electrons. The molecule has 3 heteroatoms. The van der Waals surface area contributed by atoms with Crippen molar-refractivity contribution in [2.75, 3.05) is 0 Å². The van der Waals surface area contributed by atoms with Crippen LogP contribution in [-0.2, 0) is 28.2 Å². The summed E-state index contributed by atoms with van der Waals surface area (Å²) >= 11 is 0. The Hall–Kier alpha value is -2.13. The van der Waals surface area contributed by atoms with Gasteiger partial charge in [-0.2, -0.15) is 0 Å². The standard InChI is InChI=1S/C16H14O3/c17-15-16(18,10-12-6-2-1-3-7-12)14-9-5-4-8-13(14)11-19-15/h1-9,18H,10-11H2. The third-order valence-corrected chi connectivity index (χ3v) is 3.46. The number of carbonyl (C=O) groups is 1. The van der Waals surface area contributed by atoms with Crippen LogP contribution in [0.15, 0.2) is 54.6 Å². The quantitative estimate of drug-likeness (QED) is 0.835. The van der Waals surface area contributed by atoms with Crippen LogP contribution in [0.2, 0.25) is 0 Å². The van der Waals surface area contributed by atoms with E-state index < -0.39 is 11.6 Å². The van der Waals surface area contributed by atoms with E-state index in [1.54, 1.807) is 6.07 Å². The van der Waals surface area contributed by atoms with E-state index in [0.29, 0.717) is 5.56 Å². The van der Waals surface area contributed by atoms with Gasteiger partial charge in [-0.15, -0.1) is 0 Å². The molecule has 0 amide bonds. The second-order valence-corrected chi connectivity index (χ2v) is 4.76. The molecular formula is C16H14O3. The summed E-state index contributed by atoms with van der Waals surface area (Å²) in [5.41, 5.74) is 0.824. The monoisotopic (exact) mass is 254 g/mol. The molecule has 3 nitrogen and oxygen atoms in total. The zero-order chi connectivity index (χ0) is 13.3. The number of rotatable bonds is 2. The third kappa shape index (κ3) is 2.02. The van der Waals surface area contributed by atoms with Crippen molar-refractivity contribution in [2.24, 2.45) is 0 Å². The average molecular weight is 254 g/mol. The predicted octanol–water partition coefficient (Wildman–Crippen LogP) is 2.17. The summed E-state index contributed by atoms with van der Waals surface area (Å²) < 4.78 is 5.10. The minimum Gasteiger partial charge on any atom is -0.458 e. The molecule has 1 atom stereocenters. The van der Waals surface area contributed by atoms with E-state index in [2.05, 4.69) is 0 Å². The van der Waals surface area contributed by atoms with Gasteiger partial charge in [-0.25, -0.2) is 4.79 Å². The molecule has 0 aliphatic carbocycles. The minimum atomic E-state index is -1.59. The van der Waals surface area contributed by atoms with Crippen molar-refractivity contribution in [3.8, 4) is 0 Å². The first-order valence-corrected chi connectivity index (χ1v) is 6.22. The SMILES string of the molecule is O=C1OCc2ccccc2C1(O)Cc1ccccc1. The van der Waals surface area contributed by atoms with Gasteiger partial charge in [-0.3, -0.25) is 0 Å². The number of ether oxygens (including phenoxy) is 1. The van der Waals surface area contributed by atoms with E-state index in [1.807, 2.05) is 48.5 Å². The highest BCUT2D eigenvalue weighted by atomic mass is 16.6. The Kier molecular flexibility index (Phi) is 2.84. The lowest BCUT2D eigenvalue weighted by molar-refractivity contribution is -0.171. The van der Waals surface area contributed by atoms with E-state index in [9.17, 15) is 9.90 Å². The lowest BCUT2D eigenvalue weighted by Crippen LogP contribution is -2.43. The first kappa shape index (κ1) is 11.9. The maximum Gasteiger partial charge on any atom is 0.343 e. The van der Waals surface area contributed by atoms with Gasteiger partial charge in [0.1, 0.15) is 6.61 Å². The number of cyclic esters (lactones) is 1. The molecule has 96 valence electrons. The van der Waals surface area contributed by atoms with Gasteiger partial charge in [-0.05, 0) is 11.1 Å². The van der Waals surface area contributed by atoms with Crippen LogP contribution in [-0.4, -0.2) is 11.1 Å². The van der Waals surface area contributed by atoms with Crippen LogP contribution in [0, 0.1) is 0 Å². The largest absolute Gasteiger partial charge is 0.458 e. The van der Waals surface area contributed by atoms with Crippen LogP contribution in [0.4, 0.5) is 0 Å². The molecule has 1 aliphatic heterocycles. The highest BCUT2D eigenvalue weighted by molar-refractivity contribution is 5.83. The summed E-state index contributed by atoms with van der Waals surface area (Å²) in [7, 11) is 0. The maximum atomic E-state index is 12.0. The zero-order valence-electron chi connectivity index (χ0n) is 10.4. The fourth-order valence-corrected chi connectivity index (χ4v) is 2.48. The van der Waals surface area contributed by atoms with Crippen molar-refractivity contribution in [2.45, 2.75) is 18.6 Å². The molecule has 0 aromatic heterocycles. The third-order valence-electron chi connectivity index (χ3n) is 3.46. The van der Waals surface area contributed by atoms with Crippen molar-refractivity contribution in [3.05, 3.63) is 71.3 Å². The van der Waals surface area contributed by atoms with Gasteiger partial charge in [0.2, 0.25) is 0 Å². The van der Waals surface area contributed by atoms with Crippen molar-refractivity contribution in [1.82, 2.24) is 0 Å². The van der Waals surface area contributed by atoms with E-state index in [1.165, 1.54) is 0 Å². The van der Waals surface area contributed by atoms with Crippen LogP contribution in [0.1, 0.15) is 16.7 Å². The highest BCUT2D eigenvalue weighted by Gasteiger charge is 2.44. The summed E-state index contributed by atoms with van der Waals surface area (Å²) in [4.78, 5) is 12.0. The Bertz CT molecular complexity index is 606. The Balaban J connectivity index is 2.04. The number of fused-ring (bicyclic) bond motifs is 1. The molecule has 0 saturated heterocycles. The summed E-state index contributed by atoms with van der Waals surface area (Å²) in [6.45, 7) is 0.228. The molecule has 0 spiro atoms. The van der Waals surface area contributed by atoms with Crippen molar-refractivity contribution < 1.29 is 14.6 Å². The van der Waals surface area contributed by atoms with Crippen LogP contribution in [0.25, 0.3) is 0 Å². The summed E-state index contributed by atoms with van der Waals surface area (Å²) in [5.74, 6) is -0.574. The van der Waals surface area contributed by atoms with Gasteiger partial charge in [0.15, 0.2) is 5.60 Å². The number of aliphatic hydroxyl groups is 1. The van der Waals surface area contributed by atoms with Crippen LogP contribution in [0.5, 0.6) is 0 Å². The van der Waals surface area contributed by atoms with Gasteiger partial charge in [0, 0.05) is 12.0 Å².